The number of hydrogen-bond acceptors (Lipinski definition) is 9. The summed E-state index contributed by atoms with van der Waals surface area (Å²) in [6.07, 6.45) is 11.2. The predicted octanol–water partition coefficient (Wildman–Crippen LogP) is 5.73. The van der Waals surface area contributed by atoms with Gasteiger partial charge in [-0.3, -0.25) is 14.7 Å². The van der Waals surface area contributed by atoms with E-state index in [9.17, 15) is 9.18 Å². The Morgan fingerprint density at radius 3 is 2.60 bits per heavy atom. The van der Waals surface area contributed by atoms with E-state index < -0.39 is 5.82 Å². The molecule has 0 radical (unpaired) electrons. The van der Waals surface area contributed by atoms with Gasteiger partial charge in [-0.1, -0.05) is 0 Å². The van der Waals surface area contributed by atoms with Gasteiger partial charge in [0.05, 0.1) is 17.5 Å². The topological polar surface area (TPSA) is 87.2 Å². The molecule has 10 nitrogen and oxygen atoms in total. The number of fused-ring (bicyclic) bond motifs is 3. The van der Waals surface area contributed by atoms with Gasteiger partial charge in [-0.2, -0.15) is 0 Å². The van der Waals surface area contributed by atoms with Crippen LogP contribution in [0.15, 0.2) is 43.0 Å². The fourth-order valence-corrected chi connectivity index (χ4v) is 7.45. The largest absolute Gasteiger partial charge is 0.490 e. The third-order valence-electron chi connectivity index (χ3n) is 9.84. The van der Waals surface area contributed by atoms with E-state index >= 15 is 0 Å². The van der Waals surface area contributed by atoms with Gasteiger partial charge in [0.1, 0.15) is 29.7 Å². The minimum Gasteiger partial charge on any atom is -0.490 e. The van der Waals surface area contributed by atoms with Gasteiger partial charge in [0, 0.05) is 75.3 Å². The van der Waals surface area contributed by atoms with Crippen LogP contribution < -0.4 is 14.4 Å². The maximum atomic E-state index is 14.3. The molecule has 1 amide bonds. The molecule has 0 aliphatic carbocycles. The summed E-state index contributed by atoms with van der Waals surface area (Å²) in [5.74, 6) is 1.55. The maximum Gasteiger partial charge on any atom is 0.257 e. The second-order valence-corrected chi connectivity index (χ2v) is 13.4. The fourth-order valence-electron chi connectivity index (χ4n) is 7.45. The summed E-state index contributed by atoms with van der Waals surface area (Å²) >= 11 is 0. The van der Waals surface area contributed by atoms with E-state index in [2.05, 4.69) is 44.8 Å². The Kier molecular flexibility index (Phi) is 10.2. The molecular weight excluding hydrogens is 597 g/mol. The number of pyridine rings is 1. The van der Waals surface area contributed by atoms with Gasteiger partial charge < -0.3 is 24.2 Å². The number of rotatable bonds is 11. The molecule has 3 aliphatic rings. The first-order chi connectivity index (χ1) is 22.7. The third kappa shape index (κ3) is 7.21. The zero-order chi connectivity index (χ0) is 33.1. The summed E-state index contributed by atoms with van der Waals surface area (Å²) in [4.78, 5) is 35.8. The fraction of sp³-hybridized carbons (Fsp3) is 0.556. The lowest BCUT2D eigenvalue weighted by molar-refractivity contribution is 0.0713. The van der Waals surface area contributed by atoms with Crippen molar-refractivity contribution in [3.05, 3.63) is 65.6 Å². The van der Waals surface area contributed by atoms with Crippen LogP contribution in [0.2, 0.25) is 0 Å². The average molecular weight is 646 g/mol. The van der Waals surface area contributed by atoms with E-state index in [1.807, 2.05) is 27.0 Å². The van der Waals surface area contributed by atoms with Crippen molar-refractivity contribution >= 4 is 11.7 Å². The first kappa shape index (κ1) is 33.1. The highest BCUT2D eigenvalue weighted by atomic mass is 19.1. The van der Waals surface area contributed by atoms with Crippen LogP contribution in [0.25, 0.3) is 0 Å². The van der Waals surface area contributed by atoms with Gasteiger partial charge in [0.2, 0.25) is 0 Å². The van der Waals surface area contributed by atoms with Crippen LogP contribution in [0.4, 0.5) is 10.2 Å². The minimum absolute atomic E-state index is 0.0393. The summed E-state index contributed by atoms with van der Waals surface area (Å²) in [6, 6.07) is 7.04. The summed E-state index contributed by atoms with van der Waals surface area (Å²) < 4.78 is 27.4. The van der Waals surface area contributed by atoms with Crippen molar-refractivity contribution in [2.24, 2.45) is 0 Å². The molecule has 0 unspecified atom stereocenters. The second kappa shape index (κ2) is 14.5. The first-order valence-corrected chi connectivity index (χ1v) is 17.1. The Morgan fingerprint density at radius 1 is 1.04 bits per heavy atom. The molecule has 1 aromatic carbocycles. The highest BCUT2D eigenvalue weighted by molar-refractivity contribution is 5.97. The second-order valence-electron chi connectivity index (χ2n) is 13.4. The van der Waals surface area contributed by atoms with Crippen molar-refractivity contribution in [1.82, 2.24) is 29.7 Å². The number of carbonyl (C=O) groups is 1. The number of benzene rings is 1. The van der Waals surface area contributed by atoms with E-state index in [0.29, 0.717) is 30.2 Å². The van der Waals surface area contributed by atoms with E-state index in [4.69, 9.17) is 14.5 Å². The lowest BCUT2D eigenvalue weighted by Crippen LogP contribution is -2.40. The van der Waals surface area contributed by atoms with Crippen molar-refractivity contribution < 1.29 is 18.7 Å². The SMILES string of the molecule is CCN(C(=O)c1cc(F)ccc1Oc1cncnc1N1CCC(Oc2ccnc3c2[C@H]2CC[C@H](CCN(C)C)N2CC3)CC1)C(C)C. The van der Waals surface area contributed by atoms with Crippen molar-refractivity contribution in [1.29, 1.82) is 0 Å². The normalized spacial score (nSPS) is 20.0. The highest BCUT2D eigenvalue weighted by Crippen LogP contribution is 2.45. The summed E-state index contributed by atoms with van der Waals surface area (Å²) in [5.41, 5.74) is 2.66. The van der Waals surface area contributed by atoms with Crippen molar-refractivity contribution in [3.8, 4) is 17.2 Å². The highest BCUT2D eigenvalue weighted by Gasteiger charge is 2.40. The van der Waals surface area contributed by atoms with E-state index in [0.717, 1.165) is 57.6 Å². The maximum absolute atomic E-state index is 14.3. The van der Waals surface area contributed by atoms with Gasteiger partial charge in [-0.25, -0.2) is 14.4 Å². The molecule has 47 heavy (non-hydrogen) atoms. The van der Waals surface area contributed by atoms with Crippen LogP contribution in [0.5, 0.6) is 17.2 Å². The van der Waals surface area contributed by atoms with Crippen LogP contribution >= 0.6 is 0 Å². The Labute approximate surface area is 277 Å². The molecule has 3 aromatic rings. The zero-order valence-corrected chi connectivity index (χ0v) is 28.4. The molecule has 3 aliphatic heterocycles. The number of halogens is 1. The van der Waals surface area contributed by atoms with Crippen molar-refractivity contribution in [2.45, 2.75) is 83.5 Å². The number of amides is 1. The molecule has 2 aromatic heterocycles. The van der Waals surface area contributed by atoms with Crippen molar-refractivity contribution in [3.63, 3.8) is 0 Å². The van der Waals surface area contributed by atoms with Gasteiger partial charge in [0.25, 0.3) is 5.91 Å². The van der Waals surface area contributed by atoms with Crippen LogP contribution in [-0.4, -0.2) is 101 Å². The molecule has 11 heteroatoms. The minimum atomic E-state index is -0.493. The predicted molar refractivity (Wildman–Crippen MR) is 180 cm³/mol. The van der Waals surface area contributed by atoms with Gasteiger partial charge >= 0.3 is 0 Å². The summed E-state index contributed by atoms with van der Waals surface area (Å²) in [7, 11) is 4.30. The number of aromatic nitrogens is 3. The monoisotopic (exact) mass is 645 g/mol. The molecule has 0 N–H and O–H groups in total. The van der Waals surface area contributed by atoms with E-state index in [1.54, 1.807) is 11.1 Å². The molecule has 2 atom stereocenters. The number of ether oxygens (including phenoxy) is 2. The molecule has 0 spiro atoms. The van der Waals surface area contributed by atoms with Gasteiger partial charge in [0.15, 0.2) is 11.6 Å². The molecule has 0 saturated carbocycles. The molecule has 2 saturated heterocycles. The Morgan fingerprint density at radius 2 is 1.85 bits per heavy atom. The number of hydrogen-bond donors (Lipinski definition) is 0. The van der Waals surface area contributed by atoms with E-state index in [1.165, 1.54) is 48.6 Å². The Hall–Kier alpha value is -3.83. The lowest BCUT2D eigenvalue weighted by atomic mass is 9.96. The smallest absolute Gasteiger partial charge is 0.257 e. The van der Waals surface area contributed by atoms with Gasteiger partial charge in [-0.05, 0) is 84.9 Å². The number of carbonyl (C=O) groups excluding carboxylic acids is 1. The summed E-state index contributed by atoms with van der Waals surface area (Å²) in [5, 5.41) is 0. The third-order valence-corrected chi connectivity index (χ3v) is 9.84. The van der Waals surface area contributed by atoms with Gasteiger partial charge in [-0.15, -0.1) is 0 Å². The van der Waals surface area contributed by atoms with Crippen LogP contribution in [0.1, 0.15) is 80.5 Å². The number of anilines is 1. The number of nitrogens with zero attached hydrogens (tertiary/aromatic N) is 7. The van der Waals surface area contributed by atoms with Crippen LogP contribution in [0, 0.1) is 5.82 Å². The lowest BCUT2D eigenvalue weighted by Gasteiger charge is -2.38. The first-order valence-electron chi connectivity index (χ1n) is 17.1. The summed E-state index contributed by atoms with van der Waals surface area (Å²) in [6.45, 7) is 9.90. The molecule has 252 valence electrons. The molecule has 2 fully saturated rings. The number of piperidine rings is 1. The standard InChI is InChI=1S/C36H48FN7O3/c1-6-43(24(2)3)36(45)28-21-25(37)7-10-31(28)47-33-22-38-23-40-35(33)42-18-13-27(14-19-42)46-32-11-16-39-29-15-20-44-26(12-17-41(4)5)8-9-30(44)34(29)32/h7,10-11,16,21-24,26-27,30H,6,8-9,12-15,17-20H2,1-5H3/t26-,30-/m1/s1. The average Bonchev–Trinajstić information content (AvgIpc) is 3.48. The van der Waals surface area contributed by atoms with E-state index in [-0.39, 0.29) is 29.4 Å². The van der Waals surface area contributed by atoms with Crippen molar-refractivity contribution in [2.75, 3.05) is 51.7 Å². The molecule has 5 heterocycles. The molecular formula is C36H48FN7O3. The quantitative estimate of drug-likeness (QED) is 0.259. The molecule has 6 rings (SSSR count). The molecule has 0 bridgehead atoms. The Balaban J connectivity index is 1.14. The Bertz CT molecular complexity index is 1540. The van der Waals surface area contributed by atoms with Crippen LogP contribution in [0.3, 0.4) is 0 Å². The zero-order valence-electron chi connectivity index (χ0n) is 28.4. The van der Waals surface area contributed by atoms with Crippen LogP contribution in [-0.2, 0) is 6.42 Å².